The predicted octanol–water partition coefficient (Wildman–Crippen LogP) is 13.2. The molecule has 0 aliphatic heterocycles. The van der Waals surface area contributed by atoms with Crippen LogP contribution in [-0.4, -0.2) is 19.9 Å². The molecule has 0 saturated carbocycles. The fraction of sp³-hybridized carbons (Fsp3) is 0. The first kappa shape index (κ1) is 33.0. The van der Waals surface area contributed by atoms with Gasteiger partial charge in [-0.2, -0.15) is 0 Å². The Labute approximate surface area is 325 Å². The highest BCUT2D eigenvalue weighted by Crippen LogP contribution is 2.37. The van der Waals surface area contributed by atoms with Gasteiger partial charge in [0.05, 0.1) is 39.5 Å². The summed E-state index contributed by atoms with van der Waals surface area (Å²) in [4.78, 5) is 20.2. The summed E-state index contributed by atoms with van der Waals surface area (Å²) in [6, 6.07) is 69.7. The topological polar surface area (TPSA) is 51.6 Å². The van der Waals surface area contributed by atoms with Gasteiger partial charge in [-0.15, -0.1) is 0 Å². The van der Waals surface area contributed by atoms with Crippen molar-refractivity contribution >= 4 is 21.8 Å². The molecule has 0 spiro atoms. The van der Waals surface area contributed by atoms with Crippen molar-refractivity contribution in [2.45, 2.75) is 0 Å². The molecule has 4 nitrogen and oxygen atoms in total. The van der Waals surface area contributed by atoms with E-state index in [4.69, 9.17) is 15.0 Å². The second kappa shape index (κ2) is 14.3. The lowest BCUT2D eigenvalue weighted by Gasteiger charge is -2.13. The molecule has 10 rings (SSSR count). The van der Waals surface area contributed by atoms with Crippen LogP contribution in [0.2, 0.25) is 0 Å². The second-order valence-corrected chi connectivity index (χ2v) is 13.9. The number of nitrogens with zero attached hydrogens (tertiary/aromatic N) is 4. The van der Waals surface area contributed by atoms with Crippen molar-refractivity contribution in [1.29, 1.82) is 0 Å². The SMILES string of the molecule is c1ccc(-c2cc(-c3ccccc3)nc(-c3ccc(-c4ccc(-c5cc(-c6ccccn6)nc6c5ccc5ccc(-c7ccccc7)nc56)cc4)cc3)c2)cc1. The first-order valence-corrected chi connectivity index (χ1v) is 18.8. The molecule has 10 aromatic rings. The molecule has 0 radical (unpaired) electrons. The van der Waals surface area contributed by atoms with E-state index in [1.54, 1.807) is 0 Å². The van der Waals surface area contributed by atoms with Crippen molar-refractivity contribution < 1.29 is 0 Å². The number of rotatable bonds is 7. The second-order valence-electron chi connectivity index (χ2n) is 13.9. The van der Waals surface area contributed by atoms with Gasteiger partial charge in [-0.05, 0) is 69.8 Å². The summed E-state index contributed by atoms with van der Waals surface area (Å²) in [5, 5.41) is 2.10. The van der Waals surface area contributed by atoms with Crippen LogP contribution in [0, 0.1) is 0 Å². The Bertz CT molecular complexity index is 2910. The lowest BCUT2D eigenvalue weighted by atomic mass is 9.95. The Kier molecular flexibility index (Phi) is 8.47. The molecule has 6 aromatic carbocycles. The minimum atomic E-state index is 0.813. The van der Waals surface area contributed by atoms with E-state index in [-0.39, 0.29) is 0 Å². The third kappa shape index (κ3) is 6.40. The first-order chi connectivity index (χ1) is 27.7. The van der Waals surface area contributed by atoms with Crippen LogP contribution in [0.25, 0.3) is 100 Å². The fourth-order valence-corrected chi connectivity index (χ4v) is 7.43. The Hall–Kier alpha value is -7.56. The zero-order valence-electron chi connectivity index (χ0n) is 30.4. The average molecular weight is 715 g/mol. The number of hydrogen-bond donors (Lipinski definition) is 0. The molecule has 0 atom stereocenters. The van der Waals surface area contributed by atoms with Gasteiger partial charge in [-0.3, -0.25) is 4.98 Å². The molecule has 0 aliphatic carbocycles. The van der Waals surface area contributed by atoms with Gasteiger partial charge in [0.25, 0.3) is 0 Å². The average Bonchev–Trinajstić information content (AvgIpc) is 3.29. The van der Waals surface area contributed by atoms with Gasteiger partial charge in [-0.25, -0.2) is 15.0 Å². The molecule has 0 amide bonds. The molecule has 0 N–H and O–H groups in total. The maximum absolute atomic E-state index is 5.21. The van der Waals surface area contributed by atoms with Crippen LogP contribution in [0.5, 0.6) is 0 Å². The van der Waals surface area contributed by atoms with Crippen molar-refractivity contribution in [1.82, 2.24) is 19.9 Å². The van der Waals surface area contributed by atoms with E-state index in [9.17, 15) is 0 Å². The molecule has 0 bridgehead atoms. The van der Waals surface area contributed by atoms with Crippen molar-refractivity contribution in [3.05, 3.63) is 206 Å². The smallest absolute Gasteiger partial charge is 0.0979 e. The van der Waals surface area contributed by atoms with Crippen LogP contribution < -0.4 is 0 Å². The zero-order valence-corrected chi connectivity index (χ0v) is 30.4. The number of benzene rings is 6. The predicted molar refractivity (Wildman–Crippen MR) is 231 cm³/mol. The summed E-state index contributed by atoms with van der Waals surface area (Å²) in [7, 11) is 0. The van der Waals surface area contributed by atoms with Gasteiger partial charge >= 0.3 is 0 Å². The number of fused-ring (bicyclic) bond motifs is 3. The van der Waals surface area contributed by atoms with Crippen molar-refractivity contribution in [2.75, 3.05) is 0 Å². The summed E-state index contributed by atoms with van der Waals surface area (Å²) in [5.74, 6) is 0. The lowest BCUT2D eigenvalue weighted by Crippen LogP contribution is -1.94. The number of aromatic nitrogens is 4. The van der Waals surface area contributed by atoms with Crippen LogP contribution in [0.15, 0.2) is 206 Å². The van der Waals surface area contributed by atoms with E-state index < -0.39 is 0 Å². The van der Waals surface area contributed by atoms with Crippen molar-refractivity contribution in [2.24, 2.45) is 0 Å². The van der Waals surface area contributed by atoms with Crippen molar-refractivity contribution in [3.8, 4) is 78.5 Å². The molecule has 4 heteroatoms. The largest absolute Gasteiger partial charge is 0.255 e. The van der Waals surface area contributed by atoms with E-state index >= 15 is 0 Å². The summed E-state index contributed by atoms with van der Waals surface area (Å²) in [6.45, 7) is 0. The Balaban J connectivity index is 1.02. The summed E-state index contributed by atoms with van der Waals surface area (Å²) in [5.41, 5.74) is 16.2. The molecular weight excluding hydrogens is 681 g/mol. The van der Waals surface area contributed by atoms with E-state index in [0.29, 0.717) is 0 Å². The summed E-state index contributed by atoms with van der Waals surface area (Å²) >= 11 is 0. The minimum absolute atomic E-state index is 0.813. The third-order valence-electron chi connectivity index (χ3n) is 10.3. The molecular formula is C52H34N4. The van der Waals surface area contributed by atoms with Crippen molar-refractivity contribution in [3.63, 3.8) is 0 Å². The highest BCUT2D eigenvalue weighted by atomic mass is 14.8. The van der Waals surface area contributed by atoms with Crippen LogP contribution in [0.3, 0.4) is 0 Å². The third-order valence-corrected chi connectivity index (χ3v) is 10.3. The Morgan fingerprint density at radius 2 is 0.768 bits per heavy atom. The molecule has 0 aliphatic rings. The van der Waals surface area contributed by atoms with E-state index in [0.717, 1.165) is 94.8 Å². The van der Waals surface area contributed by atoms with E-state index in [1.165, 1.54) is 5.56 Å². The molecule has 0 saturated heterocycles. The van der Waals surface area contributed by atoms with Crippen LogP contribution in [0.4, 0.5) is 0 Å². The summed E-state index contributed by atoms with van der Waals surface area (Å²) < 4.78 is 0. The highest BCUT2D eigenvalue weighted by Gasteiger charge is 2.15. The van der Waals surface area contributed by atoms with Gasteiger partial charge in [-0.1, -0.05) is 164 Å². The van der Waals surface area contributed by atoms with Gasteiger partial charge < -0.3 is 0 Å². The normalized spacial score (nSPS) is 11.2. The fourth-order valence-electron chi connectivity index (χ4n) is 7.43. The number of pyridine rings is 4. The monoisotopic (exact) mass is 714 g/mol. The van der Waals surface area contributed by atoms with Crippen LogP contribution >= 0.6 is 0 Å². The lowest BCUT2D eigenvalue weighted by molar-refractivity contribution is 1.27. The van der Waals surface area contributed by atoms with Crippen LogP contribution in [-0.2, 0) is 0 Å². The quantitative estimate of drug-likeness (QED) is 0.154. The standard InChI is InChI=1S/C52H34N4/c1-4-12-35(13-5-1)43-32-48(40-16-8-3-9-17-40)54-49(33-43)41-25-21-37(22-26-41)36-19-23-38(24-20-36)45-34-50(47-18-10-11-31-53-47)56-52-44(45)29-27-42-28-30-46(55-51(42)52)39-14-6-2-7-15-39/h1-34H. The highest BCUT2D eigenvalue weighted by molar-refractivity contribution is 6.09. The number of hydrogen-bond acceptors (Lipinski definition) is 4. The first-order valence-electron chi connectivity index (χ1n) is 18.8. The van der Waals surface area contributed by atoms with E-state index in [1.807, 2.05) is 54.7 Å². The van der Waals surface area contributed by atoms with E-state index in [2.05, 4.69) is 157 Å². The Morgan fingerprint density at radius 1 is 0.268 bits per heavy atom. The minimum Gasteiger partial charge on any atom is -0.255 e. The molecule has 0 fully saturated rings. The summed E-state index contributed by atoms with van der Waals surface area (Å²) in [6.07, 6.45) is 1.81. The van der Waals surface area contributed by atoms with Gasteiger partial charge in [0.1, 0.15) is 0 Å². The van der Waals surface area contributed by atoms with Gasteiger partial charge in [0.15, 0.2) is 0 Å². The zero-order chi connectivity index (χ0) is 37.3. The molecule has 0 unspecified atom stereocenters. The molecule has 262 valence electrons. The maximum Gasteiger partial charge on any atom is 0.0979 e. The maximum atomic E-state index is 5.21. The molecule has 56 heavy (non-hydrogen) atoms. The molecule has 4 heterocycles. The van der Waals surface area contributed by atoms with Gasteiger partial charge in [0.2, 0.25) is 0 Å². The molecule has 4 aromatic heterocycles. The Morgan fingerprint density at radius 3 is 1.39 bits per heavy atom. The van der Waals surface area contributed by atoms with Gasteiger partial charge in [0, 0.05) is 33.7 Å². The van der Waals surface area contributed by atoms with Crippen LogP contribution in [0.1, 0.15) is 0 Å².